The summed E-state index contributed by atoms with van der Waals surface area (Å²) in [6.45, 7) is 13.2. The lowest BCUT2D eigenvalue weighted by molar-refractivity contribution is -0.399. The van der Waals surface area contributed by atoms with Crippen LogP contribution in [0.3, 0.4) is 0 Å². The van der Waals surface area contributed by atoms with Crippen molar-refractivity contribution in [3.8, 4) is 0 Å². The highest BCUT2D eigenvalue weighted by Gasteiger charge is 2.70. The molecular weight excluding hydrogens is 753 g/mol. The number of rotatable bonds is 9. The van der Waals surface area contributed by atoms with Gasteiger partial charge in [-0.1, -0.05) is 41.5 Å². The van der Waals surface area contributed by atoms with Gasteiger partial charge in [0.25, 0.3) is 5.79 Å². The van der Waals surface area contributed by atoms with Crippen molar-refractivity contribution in [3.05, 3.63) is 0 Å². The summed E-state index contributed by atoms with van der Waals surface area (Å²) in [5.41, 5.74) is -1.10. The minimum absolute atomic E-state index is 0.00190. The van der Waals surface area contributed by atoms with Gasteiger partial charge in [0.15, 0.2) is 0 Å². The van der Waals surface area contributed by atoms with Crippen molar-refractivity contribution >= 4 is 11.9 Å². The topological polar surface area (TPSA) is 205 Å². The summed E-state index contributed by atoms with van der Waals surface area (Å²) >= 11 is 0. The van der Waals surface area contributed by atoms with E-state index >= 15 is 0 Å². The van der Waals surface area contributed by atoms with E-state index in [0.717, 1.165) is 57.8 Å². The van der Waals surface area contributed by atoms with Gasteiger partial charge in [0.1, 0.15) is 0 Å². The molecule has 0 aliphatic heterocycles. The molecule has 0 saturated heterocycles. The van der Waals surface area contributed by atoms with Gasteiger partial charge in [0.05, 0.1) is 24.4 Å². The van der Waals surface area contributed by atoms with Crippen molar-refractivity contribution in [2.45, 2.75) is 193 Å². The third kappa shape index (κ3) is 6.72. The van der Waals surface area contributed by atoms with E-state index in [0.29, 0.717) is 55.8 Å². The fraction of sp³-hybridized carbons (Fsp3) is 0.958. The molecule has 0 spiro atoms. The maximum absolute atomic E-state index is 13.6. The molecule has 8 saturated carbocycles. The highest BCUT2D eigenvalue weighted by molar-refractivity contribution is 5.70. The molecule has 59 heavy (non-hydrogen) atoms. The number of carboxylic acids is 1. The summed E-state index contributed by atoms with van der Waals surface area (Å²) < 4.78 is 5.77. The number of carbonyl (C=O) groups excluding carboxylic acids is 1. The first-order chi connectivity index (χ1) is 27.5. The Hall–Kier alpha value is -1.34. The molecule has 0 heterocycles. The minimum atomic E-state index is -2.61. The normalized spacial score (nSPS) is 53.4. The third-order valence-corrected chi connectivity index (χ3v) is 21.1. The molecule has 5 unspecified atom stereocenters. The van der Waals surface area contributed by atoms with Crippen molar-refractivity contribution < 1.29 is 55.2 Å². The van der Waals surface area contributed by atoms with Crippen molar-refractivity contribution in [1.29, 1.82) is 0 Å². The summed E-state index contributed by atoms with van der Waals surface area (Å²) in [6, 6.07) is 0. The van der Waals surface area contributed by atoms with E-state index in [1.807, 2.05) is 0 Å². The number of carbonyl (C=O) groups is 2. The molecule has 8 aliphatic rings. The Morgan fingerprint density at radius 3 is 2.00 bits per heavy atom. The summed E-state index contributed by atoms with van der Waals surface area (Å²) in [4.78, 5) is 25.0. The zero-order valence-corrected chi connectivity index (χ0v) is 36.8. The number of aliphatic hydroxyl groups excluding tert-OH is 4. The maximum atomic E-state index is 13.6. The average Bonchev–Trinajstić information content (AvgIpc) is 3.71. The van der Waals surface area contributed by atoms with Crippen LogP contribution in [0, 0.1) is 92.7 Å². The molecule has 0 aromatic heterocycles. The largest absolute Gasteiger partial charge is 0.481 e. The molecule has 0 bridgehead atoms. The van der Waals surface area contributed by atoms with Crippen LogP contribution >= 0.6 is 0 Å². The number of aliphatic carboxylic acids is 1. The predicted octanol–water partition coefficient (Wildman–Crippen LogP) is 6.02. The van der Waals surface area contributed by atoms with E-state index in [2.05, 4.69) is 41.5 Å². The summed E-state index contributed by atoms with van der Waals surface area (Å²) in [6.07, 6.45) is 8.35. The van der Waals surface area contributed by atoms with E-state index < -0.39 is 58.8 Å². The molecule has 0 radical (unpaired) electrons. The number of hydrogen-bond donors (Lipinski definition) is 8. The van der Waals surface area contributed by atoms with Crippen LogP contribution in [0.15, 0.2) is 0 Å². The van der Waals surface area contributed by atoms with Crippen LogP contribution in [0.5, 0.6) is 0 Å². The van der Waals surface area contributed by atoms with Crippen LogP contribution in [0.1, 0.15) is 157 Å². The van der Waals surface area contributed by atoms with Crippen molar-refractivity contribution in [1.82, 2.24) is 0 Å². The summed E-state index contributed by atoms with van der Waals surface area (Å²) in [7, 11) is 0. The Kier molecular flexibility index (Phi) is 11.4. The molecule has 0 aromatic rings. The Morgan fingerprint density at radius 1 is 0.661 bits per heavy atom. The van der Waals surface area contributed by atoms with Gasteiger partial charge in [0, 0.05) is 25.7 Å². The Morgan fingerprint density at radius 2 is 1.29 bits per heavy atom. The maximum Gasteiger partial charge on any atom is 0.308 e. The van der Waals surface area contributed by atoms with Gasteiger partial charge >= 0.3 is 11.9 Å². The highest BCUT2D eigenvalue weighted by Crippen LogP contribution is 2.71. The van der Waals surface area contributed by atoms with Crippen LogP contribution in [0.25, 0.3) is 0 Å². The molecule has 8 fully saturated rings. The molecule has 11 nitrogen and oxygen atoms in total. The molecule has 8 rings (SSSR count). The van der Waals surface area contributed by atoms with E-state index in [9.17, 15) is 50.4 Å². The van der Waals surface area contributed by atoms with Crippen molar-refractivity contribution in [3.63, 3.8) is 0 Å². The Balaban J connectivity index is 0.901. The van der Waals surface area contributed by atoms with Gasteiger partial charge in [-0.25, -0.2) is 0 Å². The van der Waals surface area contributed by atoms with E-state index in [4.69, 9.17) is 4.74 Å². The van der Waals surface area contributed by atoms with Gasteiger partial charge in [-0.05, 0) is 183 Å². The van der Waals surface area contributed by atoms with E-state index in [-0.39, 0.29) is 83.9 Å². The van der Waals surface area contributed by atoms with Gasteiger partial charge in [-0.3, -0.25) is 9.59 Å². The molecule has 8 aliphatic carbocycles. The lowest BCUT2D eigenvalue weighted by atomic mass is 9.42. The first kappa shape index (κ1) is 44.3. The fourth-order valence-electron chi connectivity index (χ4n) is 17.9. The van der Waals surface area contributed by atoms with Gasteiger partial charge in [-0.2, -0.15) is 0 Å². The minimum Gasteiger partial charge on any atom is -0.481 e. The first-order valence-electron chi connectivity index (χ1n) is 23.8. The van der Waals surface area contributed by atoms with E-state index in [1.165, 1.54) is 0 Å². The number of ether oxygens (including phenoxy) is 1. The van der Waals surface area contributed by atoms with Crippen LogP contribution in [0.4, 0.5) is 0 Å². The van der Waals surface area contributed by atoms with Crippen molar-refractivity contribution in [2.24, 2.45) is 92.7 Å². The zero-order valence-electron chi connectivity index (χ0n) is 36.8. The standard InChI is InChI=1S/C48H78O11/c1-25(7-15-38(51)52)30-11-13-32-29-10-9-27-23-48(58,47(56,57)24-45(27,5)33(29)18-20-43(30,32)3)59-39(53)16-8-26(2)31-12-14-34-40-35(22-37(50)46(31,34)6)44(4)19-17-28(49)21-36(44)41(54)42(40)55/h25-37,40-42,49-50,54-58H,7-24H2,1-6H3,(H,51,52)/t25-,26-,27-,28+,29+,30-,31-,32+,33+,34?,35?,36?,37-,40?,41+,42-,43-,44-,45+,46-,48?/m1/s1. The molecule has 11 heteroatoms. The predicted molar refractivity (Wildman–Crippen MR) is 219 cm³/mol. The second-order valence-electron chi connectivity index (χ2n) is 23.4. The Labute approximate surface area is 352 Å². The van der Waals surface area contributed by atoms with Crippen LogP contribution in [-0.2, 0) is 14.3 Å². The lowest BCUT2D eigenvalue weighted by Gasteiger charge is -2.64. The first-order valence-corrected chi connectivity index (χ1v) is 23.8. The third-order valence-electron chi connectivity index (χ3n) is 21.1. The quantitative estimate of drug-likeness (QED) is 0.0997. The number of aliphatic hydroxyl groups is 7. The lowest BCUT2D eigenvalue weighted by Crippen LogP contribution is -2.67. The number of esters is 1. The van der Waals surface area contributed by atoms with Gasteiger partial charge < -0.3 is 45.6 Å². The van der Waals surface area contributed by atoms with E-state index in [1.54, 1.807) is 0 Å². The number of hydrogen-bond acceptors (Lipinski definition) is 10. The highest BCUT2D eigenvalue weighted by atomic mass is 16.7. The summed E-state index contributed by atoms with van der Waals surface area (Å²) in [5, 5.41) is 90.2. The van der Waals surface area contributed by atoms with Crippen LogP contribution in [-0.4, -0.2) is 88.8 Å². The SMILES string of the molecule is C[C@H](CCC(=O)O)[C@H]1CC[C@H]2[C@@H]3CC[C@@H]4CC(O)(OC(=O)CC[C@@H](C)[C@H]5CCC6C7C(C[C@@H](O)[C@@]65C)[C@@]5(C)CC[C@H](O)CC5[C@H](O)[C@@H]7O)C(O)(O)C[C@]4(C)[C@H]3CC[C@]12C. The van der Waals surface area contributed by atoms with Gasteiger partial charge in [0.2, 0.25) is 5.79 Å². The molecule has 0 amide bonds. The van der Waals surface area contributed by atoms with Crippen molar-refractivity contribution in [2.75, 3.05) is 0 Å². The Bertz CT molecular complexity index is 1600. The molecule has 8 N–H and O–H groups in total. The average molecular weight is 831 g/mol. The second-order valence-corrected chi connectivity index (χ2v) is 23.4. The summed E-state index contributed by atoms with van der Waals surface area (Å²) in [5.74, 6) is -4.75. The van der Waals surface area contributed by atoms with Crippen LogP contribution in [0.2, 0.25) is 0 Å². The molecule has 0 aromatic carbocycles. The second kappa shape index (κ2) is 15.1. The smallest absolute Gasteiger partial charge is 0.308 e. The fourth-order valence-corrected chi connectivity index (χ4v) is 17.9. The molecule has 21 atom stereocenters. The molecule has 336 valence electrons. The van der Waals surface area contributed by atoms with Gasteiger partial charge in [-0.15, -0.1) is 0 Å². The zero-order chi connectivity index (χ0) is 42.8. The monoisotopic (exact) mass is 831 g/mol. The number of fused-ring (bicyclic) bond motifs is 10. The molecular formula is C48H78O11. The van der Waals surface area contributed by atoms with Crippen LogP contribution < -0.4 is 0 Å². The number of carboxylic acid groups (broad SMARTS) is 1.